The fraction of sp³-hybridized carbons (Fsp3) is 0.619. The van der Waals surface area contributed by atoms with Crippen LogP contribution in [0.1, 0.15) is 53.0 Å². The van der Waals surface area contributed by atoms with Crippen molar-refractivity contribution >= 4 is 0 Å². The molecule has 132 valence electrons. The maximum Gasteiger partial charge on any atom is 0.181 e. The fourth-order valence-corrected chi connectivity index (χ4v) is 1.56. The third kappa shape index (κ3) is 17.1. The van der Waals surface area contributed by atoms with Crippen LogP contribution in [0, 0.1) is 11.8 Å². The molecular formula is C21H36O2. The summed E-state index contributed by atoms with van der Waals surface area (Å²) in [7, 11) is 0. The second kappa shape index (κ2) is 14.5. The first kappa shape index (κ1) is 21.9. The molecule has 0 amide bonds. The largest absolute Gasteiger partial charge is 0.350 e. The lowest BCUT2D eigenvalue weighted by Crippen LogP contribution is -1.99. The van der Waals surface area contributed by atoms with Crippen LogP contribution in [0.3, 0.4) is 0 Å². The van der Waals surface area contributed by atoms with E-state index in [0.29, 0.717) is 5.92 Å². The summed E-state index contributed by atoms with van der Waals surface area (Å²) in [5, 5.41) is 0. The van der Waals surface area contributed by atoms with Gasteiger partial charge in [0, 0.05) is 6.61 Å². The SMILES string of the molecule is C=CC(C)C.CC(C)CCCOC1CO1.CCc1ccccc1. The molecule has 0 N–H and O–H groups in total. The van der Waals surface area contributed by atoms with Gasteiger partial charge in [0.1, 0.15) is 6.61 Å². The van der Waals surface area contributed by atoms with Crippen LogP contribution in [0.4, 0.5) is 0 Å². The number of benzene rings is 1. The molecule has 0 aromatic heterocycles. The van der Waals surface area contributed by atoms with E-state index in [0.717, 1.165) is 32.0 Å². The molecule has 0 bridgehead atoms. The average Bonchev–Trinajstić information content (AvgIpc) is 3.37. The molecule has 1 aromatic rings. The van der Waals surface area contributed by atoms with Crippen LogP contribution in [0.5, 0.6) is 0 Å². The summed E-state index contributed by atoms with van der Waals surface area (Å²) in [5.74, 6) is 1.44. The molecule has 23 heavy (non-hydrogen) atoms. The molecule has 1 saturated heterocycles. The van der Waals surface area contributed by atoms with Gasteiger partial charge in [-0.2, -0.15) is 0 Å². The minimum absolute atomic E-state index is 0.146. The summed E-state index contributed by atoms with van der Waals surface area (Å²) < 4.78 is 10.2. The first-order valence-corrected chi connectivity index (χ1v) is 8.89. The lowest BCUT2D eigenvalue weighted by Gasteiger charge is -2.02. The Morgan fingerprint density at radius 2 is 1.78 bits per heavy atom. The first-order valence-electron chi connectivity index (χ1n) is 8.89. The lowest BCUT2D eigenvalue weighted by atomic mass is 10.1. The summed E-state index contributed by atoms with van der Waals surface area (Å²) in [6.45, 7) is 16.1. The minimum Gasteiger partial charge on any atom is -0.350 e. The third-order valence-electron chi connectivity index (χ3n) is 3.25. The normalized spacial score (nSPS) is 15.3. The van der Waals surface area contributed by atoms with E-state index in [1.54, 1.807) is 0 Å². The molecule has 2 rings (SSSR count). The van der Waals surface area contributed by atoms with E-state index in [2.05, 4.69) is 65.5 Å². The molecule has 2 heteroatoms. The Morgan fingerprint density at radius 1 is 1.22 bits per heavy atom. The summed E-state index contributed by atoms with van der Waals surface area (Å²) in [6, 6.07) is 10.5. The zero-order chi connectivity index (χ0) is 17.5. The van der Waals surface area contributed by atoms with E-state index in [4.69, 9.17) is 9.47 Å². The molecule has 0 spiro atoms. The van der Waals surface area contributed by atoms with Gasteiger partial charge in [0.15, 0.2) is 6.29 Å². The van der Waals surface area contributed by atoms with Gasteiger partial charge in [-0.1, -0.05) is 71.0 Å². The number of aryl methyl sites for hydroxylation is 1. The van der Waals surface area contributed by atoms with E-state index in [1.807, 2.05) is 12.1 Å². The van der Waals surface area contributed by atoms with Gasteiger partial charge in [-0.25, -0.2) is 0 Å². The highest BCUT2D eigenvalue weighted by Crippen LogP contribution is 2.11. The molecule has 2 nitrogen and oxygen atoms in total. The monoisotopic (exact) mass is 320 g/mol. The van der Waals surface area contributed by atoms with Crippen molar-refractivity contribution in [2.24, 2.45) is 11.8 Å². The third-order valence-corrected chi connectivity index (χ3v) is 3.25. The number of rotatable bonds is 7. The molecule has 0 aliphatic carbocycles. The summed E-state index contributed by atoms with van der Waals surface area (Å²) in [4.78, 5) is 0. The van der Waals surface area contributed by atoms with Crippen molar-refractivity contribution in [3.63, 3.8) is 0 Å². The summed E-state index contributed by atoms with van der Waals surface area (Å²) in [5.41, 5.74) is 1.41. The van der Waals surface area contributed by atoms with Gasteiger partial charge in [-0.05, 0) is 36.7 Å². The van der Waals surface area contributed by atoms with Crippen LogP contribution < -0.4 is 0 Å². The topological polar surface area (TPSA) is 21.8 Å². The van der Waals surface area contributed by atoms with Gasteiger partial charge in [0.05, 0.1) is 0 Å². The number of hydrogen-bond donors (Lipinski definition) is 0. The Bertz CT molecular complexity index is 363. The Morgan fingerprint density at radius 3 is 2.13 bits per heavy atom. The molecule has 1 heterocycles. The van der Waals surface area contributed by atoms with Gasteiger partial charge in [0.2, 0.25) is 0 Å². The van der Waals surface area contributed by atoms with Crippen LogP contribution in [0.2, 0.25) is 0 Å². The van der Waals surface area contributed by atoms with E-state index in [-0.39, 0.29) is 6.29 Å². The van der Waals surface area contributed by atoms with Crippen molar-refractivity contribution in [2.45, 2.75) is 60.2 Å². The highest BCUT2D eigenvalue weighted by Gasteiger charge is 2.22. The standard InChI is InChI=1S/C8H16O2.C8H10.C5H10/c1-7(2)4-3-5-9-8-6-10-8;1-2-8-6-4-3-5-7-8;1-4-5(2)3/h7-8H,3-6H2,1-2H3;3-7H,2H2,1H3;4-5H,1H2,2-3H3. The van der Waals surface area contributed by atoms with Crippen LogP contribution in [0.25, 0.3) is 0 Å². The van der Waals surface area contributed by atoms with Crippen LogP contribution >= 0.6 is 0 Å². The van der Waals surface area contributed by atoms with E-state index >= 15 is 0 Å². The first-order chi connectivity index (χ1) is 11.0. The predicted octanol–water partition coefficient (Wildman–Crippen LogP) is 5.87. The molecular weight excluding hydrogens is 284 g/mol. The lowest BCUT2D eigenvalue weighted by molar-refractivity contribution is 0.0468. The minimum atomic E-state index is 0.146. The van der Waals surface area contributed by atoms with Crippen LogP contribution in [0.15, 0.2) is 43.0 Å². The van der Waals surface area contributed by atoms with Crippen molar-refractivity contribution in [1.29, 1.82) is 0 Å². The summed E-state index contributed by atoms with van der Waals surface area (Å²) in [6.07, 6.45) is 5.62. The number of ether oxygens (including phenoxy) is 2. The second-order valence-corrected chi connectivity index (χ2v) is 6.49. The van der Waals surface area contributed by atoms with Crippen molar-refractivity contribution in [3.05, 3.63) is 48.6 Å². The van der Waals surface area contributed by atoms with Crippen molar-refractivity contribution < 1.29 is 9.47 Å². The summed E-state index contributed by atoms with van der Waals surface area (Å²) >= 11 is 0. The van der Waals surface area contributed by atoms with Crippen molar-refractivity contribution in [3.8, 4) is 0 Å². The maximum atomic E-state index is 5.28. The number of allylic oxidation sites excluding steroid dienone is 1. The Kier molecular flexibility index (Phi) is 13.8. The highest BCUT2D eigenvalue weighted by molar-refractivity contribution is 5.13. The Balaban J connectivity index is 0.000000335. The molecule has 1 unspecified atom stereocenters. The second-order valence-electron chi connectivity index (χ2n) is 6.49. The predicted molar refractivity (Wildman–Crippen MR) is 101 cm³/mol. The zero-order valence-corrected chi connectivity index (χ0v) is 15.8. The van der Waals surface area contributed by atoms with Gasteiger partial charge < -0.3 is 9.47 Å². The van der Waals surface area contributed by atoms with Gasteiger partial charge in [-0.3, -0.25) is 0 Å². The molecule has 1 atom stereocenters. The number of epoxide rings is 1. The van der Waals surface area contributed by atoms with Gasteiger partial charge in [-0.15, -0.1) is 6.58 Å². The molecule has 1 fully saturated rings. The van der Waals surface area contributed by atoms with Gasteiger partial charge >= 0.3 is 0 Å². The molecule has 1 aliphatic heterocycles. The quantitative estimate of drug-likeness (QED) is 0.356. The van der Waals surface area contributed by atoms with E-state index in [9.17, 15) is 0 Å². The van der Waals surface area contributed by atoms with E-state index < -0.39 is 0 Å². The Hall–Kier alpha value is -1.12. The molecule has 0 radical (unpaired) electrons. The van der Waals surface area contributed by atoms with Crippen molar-refractivity contribution in [2.75, 3.05) is 13.2 Å². The fourth-order valence-electron chi connectivity index (χ4n) is 1.56. The zero-order valence-electron chi connectivity index (χ0n) is 15.8. The average molecular weight is 321 g/mol. The molecule has 0 saturated carbocycles. The smallest absolute Gasteiger partial charge is 0.181 e. The maximum absolute atomic E-state index is 5.28. The molecule has 1 aromatic carbocycles. The van der Waals surface area contributed by atoms with E-state index in [1.165, 1.54) is 12.0 Å². The Labute approximate surface area is 143 Å². The highest BCUT2D eigenvalue weighted by atomic mass is 16.8. The molecule has 1 aliphatic rings. The van der Waals surface area contributed by atoms with Crippen LogP contribution in [-0.4, -0.2) is 19.5 Å². The van der Waals surface area contributed by atoms with Crippen molar-refractivity contribution in [1.82, 2.24) is 0 Å². The number of hydrogen-bond acceptors (Lipinski definition) is 2. The van der Waals surface area contributed by atoms with Gasteiger partial charge in [0.25, 0.3) is 0 Å². The van der Waals surface area contributed by atoms with Crippen LogP contribution in [-0.2, 0) is 15.9 Å².